The molecule has 1 fully saturated rings. The summed E-state index contributed by atoms with van der Waals surface area (Å²) in [7, 11) is 0. The lowest BCUT2D eigenvalue weighted by atomic mass is 9.98. The Kier molecular flexibility index (Phi) is 2.73. The number of hydrogen-bond acceptors (Lipinski definition) is 2. The van der Waals surface area contributed by atoms with Gasteiger partial charge in [-0.2, -0.15) is 0 Å². The molecule has 2 N–H and O–H groups in total. The number of benzene rings is 1. The molecule has 2 rings (SSSR count). The molecule has 0 saturated carbocycles. The van der Waals surface area contributed by atoms with E-state index >= 15 is 0 Å². The van der Waals surface area contributed by atoms with Crippen LogP contribution >= 0.6 is 0 Å². The highest BCUT2D eigenvalue weighted by Gasteiger charge is 2.18. The number of rotatable bonds is 1. The third-order valence-corrected chi connectivity index (χ3v) is 2.88. The van der Waals surface area contributed by atoms with E-state index < -0.39 is 0 Å². The predicted molar refractivity (Wildman–Crippen MR) is 58.1 cm³/mol. The summed E-state index contributed by atoms with van der Waals surface area (Å²) in [6.45, 7) is 2.92. The van der Waals surface area contributed by atoms with Gasteiger partial charge in [0.05, 0.1) is 6.10 Å². The molecule has 1 aromatic rings. The van der Waals surface area contributed by atoms with Crippen molar-refractivity contribution in [2.75, 3.05) is 12.3 Å². The van der Waals surface area contributed by atoms with E-state index in [4.69, 9.17) is 10.5 Å². The van der Waals surface area contributed by atoms with Crippen molar-refractivity contribution in [1.82, 2.24) is 0 Å². The summed E-state index contributed by atoms with van der Waals surface area (Å²) >= 11 is 0. The SMILES string of the molecule is Cc1cccc(C2CCCCO2)c1N. The molecule has 1 atom stereocenters. The van der Waals surface area contributed by atoms with Gasteiger partial charge in [-0.05, 0) is 31.7 Å². The van der Waals surface area contributed by atoms with Gasteiger partial charge in [0.2, 0.25) is 0 Å². The number of hydrogen-bond donors (Lipinski definition) is 1. The Bertz CT molecular complexity index is 316. The standard InChI is InChI=1S/C12H17NO/c1-9-5-4-6-10(12(9)13)11-7-2-3-8-14-11/h4-6,11H,2-3,7-8,13H2,1H3. The highest BCUT2D eigenvalue weighted by atomic mass is 16.5. The van der Waals surface area contributed by atoms with Crippen LogP contribution < -0.4 is 5.73 Å². The maximum absolute atomic E-state index is 6.03. The fourth-order valence-corrected chi connectivity index (χ4v) is 1.97. The first kappa shape index (κ1) is 9.53. The summed E-state index contributed by atoms with van der Waals surface area (Å²) in [6, 6.07) is 6.18. The number of anilines is 1. The van der Waals surface area contributed by atoms with E-state index in [0.717, 1.165) is 24.3 Å². The Morgan fingerprint density at radius 2 is 2.21 bits per heavy atom. The molecule has 0 aliphatic carbocycles. The normalized spacial score (nSPS) is 22.2. The molecule has 0 spiro atoms. The summed E-state index contributed by atoms with van der Waals surface area (Å²) in [4.78, 5) is 0. The maximum atomic E-state index is 6.03. The van der Waals surface area contributed by atoms with E-state index in [2.05, 4.69) is 12.1 Å². The second-order valence-corrected chi connectivity index (χ2v) is 3.93. The quantitative estimate of drug-likeness (QED) is 0.693. The summed E-state index contributed by atoms with van der Waals surface area (Å²) < 4.78 is 5.72. The minimum atomic E-state index is 0.226. The van der Waals surface area contributed by atoms with Crippen LogP contribution in [0.1, 0.15) is 36.5 Å². The van der Waals surface area contributed by atoms with E-state index in [0.29, 0.717) is 0 Å². The van der Waals surface area contributed by atoms with Crippen LogP contribution in [0, 0.1) is 6.92 Å². The molecule has 1 saturated heterocycles. The highest BCUT2D eigenvalue weighted by molar-refractivity contribution is 5.54. The Hall–Kier alpha value is -1.02. The average molecular weight is 191 g/mol. The second-order valence-electron chi connectivity index (χ2n) is 3.93. The second kappa shape index (κ2) is 4.01. The molecule has 0 amide bonds. The molecule has 2 heteroatoms. The molecule has 14 heavy (non-hydrogen) atoms. The van der Waals surface area contributed by atoms with Crippen molar-refractivity contribution in [3.8, 4) is 0 Å². The van der Waals surface area contributed by atoms with Crippen LogP contribution in [-0.2, 0) is 4.74 Å². The minimum absolute atomic E-state index is 0.226. The summed E-state index contributed by atoms with van der Waals surface area (Å²) in [5.74, 6) is 0. The van der Waals surface area contributed by atoms with E-state index in [1.54, 1.807) is 0 Å². The van der Waals surface area contributed by atoms with Gasteiger partial charge in [-0.25, -0.2) is 0 Å². The third kappa shape index (κ3) is 1.75. The Balaban J connectivity index is 2.26. The van der Waals surface area contributed by atoms with Crippen LogP contribution in [0.3, 0.4) is 0 Å². The molecule has 1 unspecified atom stereocenters. The van der Waals surface area contributed by atoms with Crippen molar-refractivity contribution < 1.29 is 4.74 Å². The van der Waals surface area contributed by atoms with Gasteiger partial charge >= 0.3 is 0 Å². The van der Waals surface area contributed by atoms with Crippen molar-refractivity contribution in [3.05, 3.63) is 29.3 Å². The lowest BCUT2D eigenvalue weighted by Crippen LogP contribution is -2.13. The molecule has 2 nitrogen and oxygen atoms in total. The van der Waals surface area contributed by atoms with Crippen molar-refractivity contribution in [3.63, 3.8) is 0 Å². The molecule has 0 radical (unpaired) electrons. The van der Waals surface area contributed by atoms with Crippen molar-refractivity contribution >= 4 is 5.69 Å². The zero-order valence-electron chi connectivity index (χ0n) is 8.62. The van der Waals surface area contributed by atoms with Crippen LogP contribution in [0.25, 0.3) is 0 Å². The molecule has 1 heterocycles. The largest absolute Gasteiger partial charge is 0.398 e. The van der Waals surface area contributed by atoms with Crippen LogP contribution in [0.15, 0.2) is 18.2 Å². The van der Waals surface area contributed by atoms with Gasteiger partial charge in [0.1, 0.15) is 0 Å². The lowest BCUT2D eigenvalue weighted by molar-refractivity contribution is 0.0154. The third-order valence-electron chi connectivity index (χ3n) is 2.88. The Morgan fingerprint density at radius 1 is 1.36 bits per heavy atom. The minimum Gasteiger partial charge on any atom is -0.398 e. The molecule has 0 aromatic heterocycles. The molecule has 1 aromatic carbocycles. The lowest BCUT2D eigenvalue weighted by Gasteiger charge is -2.24. The fourth-order valence-electron chi connectivity index (χ4n) is 1.97. The zero-order chi connectivity index (χ0) is 9.97. The van der Waals surface area contributed by atoms with Gasteiger partial charge in [-0.15, -0.1) is 0 Å². The molecule has 76 valence electrons. The van der Waals surface area contributed by atoms with Gasteiger partial charge in [0.15, 0.2) is 0 Å². The monoisotopic (exact) mass is 191 g/mol. The molecule has 0 bridgehead atoms. The summed E-state index contributed by atoms with van der Waals surface area (Å²) in [6.07, 6.45) is 3.76. The van der Waals surface area contributed by atoms with Gasteiger partial charge in [-0.3, -0.25) is 0 Å². The highest BCUT2D eigenvalue weighted by Crippen LogP contribution is 2.32. The first-order chi connectivity index (χ1) is 6.79. The van der Waals surface area contributed by atoms with Crippen LogP contribution in [-0.4, -0.2) is 6.61 Å². The molecule has 1 aliphatic rings. The number of ether oxygens (including phenoxy) is 1. The summed E-state index contributed by atoms with van der Waals surface area (Å²) in [5.41, 5.74) is 9.26. The number of nitrogen functional groups attached to an aromatic ring is 1. The van der Waals surface area contributed by atoms with Crippen molar-refractivity contribution in [1.29, 1.82) is 0 Å². The van der Waals surface area contributed by atoms with Crippen molar-refractivity contribution in [2.45, 2.75) is 32.3 Å². The first-order valence-corrected chi connectivity index (χ1v) is 5.25. The van der Waals surface area contributed by atoms with Crippen molar-refractivity contribution in [2.24, 2.45) is 0 Å². The van der Waals surface area contributed by atoms with E-state index in [-0.39, 0.29) is 6.10 Å². The predicted octanol–water partition coefficient (Wildman–Crippen LogP) is 2.82. The van der Waals surface area contributed by atoms with Crippen LogP contribution in [0.5, 0.6) is 0 Å². The van der Waals surface area contributed by atoms with Crippen LogP contribution in [0.2, 0.25) is 0 Å². The molecular formula is C12H17NO. The topological polar surface area (TPSA) is 35.2 Å². The van der Waals surface area contributed by atoms with Gasteiger partial charge in [0, 0.05) is 17.9 Å². The summed E-state index contributed by atoms with van der Waals surface area (Å²) in [5, 5.41) is 0. The smallest absolute Gasteiger partial charge is 0.0844 e. The fraction of sp³-hybridized carbons (Fsp3) is 0.500. The Labute approximate surface area is 85.1 Å². The van der Waals surface area contributed by atoms with Gasteiger partial charge < -0.3 is 10.5 Å². The van der Waals surface area contributed by atoms with E-state index in [1.807, 2.05) is 13.0 Å². The molecular weight excluding hydrogens is 174 g/mol. The van der Waals surface area contributed by atoms with Gasteiger partial charge in [-0.1, -0.05) is 18.2 Å². The van der Waals surface area contributed by atoms with E-state index in [1.165, 1.54) is 18.4 Å². The molecule has 1 aliphatic heterocycles. The number of nitrogens with two attached hydrogens (primary N) is 1. The van der Waals surface area contributed by atoms with E-state index in [9.17, 15) is 0 Å². The average Bonchev–Trinajstić information content (AvgIpc) is 2.23. The number of para-hydroxylation sites is 1. The van der Waals surface area contributed by atoms with Gasteiger partial charge in [0.25, 0.3) is 0 Å². The Morgan fingerprint density at radius 3 is 2.93 bits per heavy atom. The van der Waals surface area contributed by atoms with Crippen LogP contribution in [0.4, 0.5) is 5.69 Å². The number of aryl methyl sites for hydroxylation is 1. The zero-order valence-corrected chi connectivity index (χ0v) is 8.62. The first-order valence-electron chi connectivity index (χ1n) is 5.25. The maximum Gasteiger partial charge on any atom is 0.0844 e.